The van der Waals surface area contributed by atoms with Crippen LogP contribution < -0.4 is 10.2 Å². The lowest BCUT2D eigenvalue weighted by Crippen LogP contribution is -2.41. The summed E-state index contributed by atoms with van der Waals surface area (Å²) >= 11 is 0. The van der Waals surface area contributed by atoms with E-state index in [9.17, 15) is 5.11 Å². The van der Waals surface area contributed by atoms with Crippen LogP contribution in [0, 0.1) is 0 Å². The molecule has 0 aliphatic carbocycles. The highest BCUT2D eigenvalue weighted by Gasteiger charge is 2.26. The lowest BCUT2D eigenvalue weighted by atomic mass is 9.99. The van der Waals surface area contributed by atoms with Gasteiger partial charge in [-0.15, -0.1) is 0 Å². The highest BCUT2D eigenvalue weighted by atomic mass is 16.3. The quantitative estimate of drug-likeness (QED) is 0.776. The summed E-state index contributed by atoms with van der Waals surface area (Å²) in [7, 11) is 1.80. The number of aliphatic hydroxyl groups excluding tert-OH is 1. The van der Waals surface area contributed by atoms with Gasteiger partial charge < -0.3 is 20.3 Å². The Labute approximate surface area is 117 Å². The molecule has 1 aliphatic rings. The zero-order chi connectivity index (χ0) is 13.9. The molecule has 2 aromatic rings. The minimum atomic E-state index is 0.206. The largest absolute Gasteiger partial charge is 0.396 e. The van der Waals surface area contributed by atoms with Gasteiger partial charge in [-0.25, -0.2) is 4.98 Å². The fourth-order valence-corrected chi connectivity index (χ4v) is 2.87. The number of hydrogen-bond acceptors (Lipinski definition) is 6. The molecular formula is C13H20N6O. The summed E-state index contributed by atoms with van der Waals surface area (Å²) in [5, 5.41) is 12.2. The van der Waals surface area contributed by atoms with Crippen LogP contribution in [0.15, 0.2) is 6.33 Å². The molecule has 3 N–H and O–H groups in total. The Hall–Kier alpha value is -1.89. The van der Waals surface area contributed by atoms with Crippen LogP contribution >= 0.6 is 0 Å². The van der Waals surface area contributed by atoms with Crippen molar-refractivity contribution in [1.29, 1.82) is 0 Å². The Bertz CT molecular complexity index is 581. The first-order valence-electron chi connectivity index (χ1n) is 7.10. The van der Waals surface area contributed by atoms with Gasteiger partial charge in [-0.1, -0.05) is 0 Å². The molecule has 7 heteroatoms. The minimum Gasteiger partial charge on any atom is -0.396 e. The van der Waals surface area contributed by atoms with Crippen molar-refractivity contribution in [2.45, 2.75) is 31.7 Å². The Morgan fingerprint density at radius 3 is 3.15 bits per heavy atom. The van der Waals surface area contributed by atoms with Crippen LogP contribution in [0.25, 0.3) is 11.2 Å². The summed E-state index contributed by atoms with van der Waals surface area (Å²) in [6.45, 7) is 1.16. The van der Waals surface area contributed by atoms with Crippen LogP contribution in [0.2, 0.25) is 0 Å². The minimum absolute atomic E-state index is 0.206. The molecule has 3 heterocycles. The standard InChI is InChI=1S/C13H20N6O/c1-14-13-17-11-10(15-8-16-11)12(18-13)19-6-3-2-4-9(19)5-7-20/h8-9,20H,2-7H2,1H3,(H2,14,15,16,17,18). The van der Waals surface area contributed by atoms with Crippen LogP contribution in [0.5, 0.6) is 0 Å². The Kier molecular flexibility index (Phi) is 3.68. The molecule has 0 aromatic carbocycles. The predicted octanol–water partition coefficient (Wildman–Crippen LogP) is 1.14. The first-order valence-corrected chi connectivity index (χ1v) is 7.10. The van der Waals surface area contributed by atoms with Gasteiger partial charge in [0, 0.05) is 26.2 Å². The summed E-state index contributed by atoms with van der Waals surface area (Å²) in [6.07, 6.45) is 5.87. The molecule has 1 unspecified atom stereocenters. The molecule has 1 aliphatic heterocycles. The van der Waals surface area contributed by atoms with Crippen LogP contribution in [0.1, 0.15) is 25.7 Å². The second kappa shape index (κ2) is 5.62. The van der Waals surface area contributed by atoms with Crippen molar-refractivity contribution >= 4 is 22.9 Å². The van der Waals surface area contributed by atoms with E-state index in [1.807, 2.05) is 0 Å². The van der Waals surface area contributed by atoms with E-state index >= 15 is 0 Å². The maximum Gasteiger partial charge on any atom is 0.226 e. The molecule has 1 fully saturated rings. The van der Waals surface area contributed by atoms with Crippen molar-refractivity contribution in [1.82, 2.24) is 19.9 Å². The van der Waals surface area contributed by atoms with E-state index in [-0.39, 0.29) is 6.61 Å². The summed E-state index contributed by atoms with van der Waals surface area (Å²) in [5.74, 6) is 1.46. The van der Waals surface area contributed by atoms with Crippen molar-refractivity contribution in [3.05, 3.63) is 6.33 Å². The normalized spacial score (nSPS) is 19.5. The van der Waals surface area contributed by atoms with Crippen molar-refractivity contribution in [2.24, 2.45) is 0 Å². The molecule has 1 atom stereocenters. The number of aromatic amines is 1. The number of nitrogens with one attached hydrogen (secondary N) is 2. The van der Waals surface area contributed by atoms with Gasteiger partial charge in [0.2, 0.25) is 5.95 Å². The van der Waals surface area contributed by atoms with Gasteiger partial charge in [0.1, 0.15) is 5.52 Å². The number of nitrogens with zero attached hydrogens (tertiary/aromatic N) is 4. The molecule has 108 valence electrons. The molecule has 0 spiro atoms. The van der Waals surface area contributed by atoms with E-state index in [1.165, 1.54) is 6.42 Å². The van der Waals surface area contributed by atoms with Gasteiger partial charge in [0.05, 0.1) is 6.33 Å². The van der Waals surface area contributed by atoms with Gasteiger partial charge in [0.25, 0.3) is 0 Å². The van der Waals surface area contributed by atoms with E-state index in [0.717, 1.165) is 37.1 Å². The first kappa shape index (κ1) is 13.1. The summed E-state index contributed by atoms with van der Waals surface area (Å²) in [6, 6.07) is 0.333. The van der Waals surface area contributed by atoms with Crippen LogP contribution in [-0.2, 0) is 0 Å². The van der Waals surface area contributed by atoms with Crippen LogP contribution in [-0.4, -0.2) is 51.3 Å². The first-order chi connectivity index (χ1) is 9.83. The molecule has 0 saturated carbocycles. The molecule has 20 heavy (non-hydrogen) atoms. The highest BCUT2D eigenvalue weighted by molar-refractivity contribution is 5.84. The average molecular weight is 276 g/mol. The summed E-state index contributed by atoms with van der Waals surface area (Å²) < 4.78 is 0. The van der Waals surface area contributed by atoms with Gasteiger partial charge in [-0.3, -0.25) is 0 Å². The third-order valence-electron chi connectivity index (χ3n) is 3.85. The molecular weight excluding hydrogens is 256 g/mol. The van der Waals surface area contributed by atoms with Gasteiger partial charge in [-0.2, -0.15) is 9.97 Å². The maximum atomic E-state index is 9.27. The van der Waals surface area contributed by atoms with Crippen molar-refractivity contribution in [2.75, 3.05) is 30.4 Å². The summed E-state index contributed by atoms with van der Waals surface area (Å²) in [5.41, 5.74) is 1.54. The van der Waals surface area contributed by atoms with Crippen LogP contribution in [0.4, 0.5) is 11.8 Å². The second-order valence-corrected chi connectivity index (χ2v) is 5.08. The van der Waals surface area contributed by atoms with E-state index in [4.69, 9.17) is 0 Å². The predicted molar refractivity (Wildman–Crippen MR) is 77.9 cm³/mol. The van der Waals surface area contributed by atoms with E-state index in [2.05, 4.69) is 30.2 Å². The Morgan fingerprint density at radius 1 is 1.45 bits per heavy atom. The summed E-state index contributed by atoms with van der Waals surface area (Å²) in [4.78, 5) is 18.6. The zero-order valence-electron chi connectivity index (χ0n) is 11.6. The maximum absolute atomic E-state index is 9.27. The number of fused-ring (bicyclic) bond motifs is 1. The molecule has 1 saturated heterocycles. The Morgan fingerprint density at radius 2 is 2.35 bits per heavy atom. The molecule has 0 bridgehead atoms. The molecule has 0 radical (unpaired) electrons. The van der Waals surface area contributed by atoms with E-state index in [1.54, 1.807) is 13.4 Å². The smallest absolute Gasteiger partial charge is 0.226 e. The van der Waals surface area contributed by atoms with Crippen LogP contribution in [0.3, 0.4) is 0 Å². The molecule has 3 rings (SSSR count). The van der Waals surface area contributed by atoms with Gasteiger partial charge in [-0.05, 0) is 25.7 Å². The lowest BCUT2D eigenvalue weighted by molar-refractivity contribution is 0.262. The zero-order valence-corrected chi connectivity index (χ0v) is 11.6. The number of piperidine rings is 1. The number of imidazole rings is 1. The molecule has 2 aromatic heterocycles. The number of aromatic nitrogens is 4. The number of anilines is 2. The topological polar surface area (TPSA) is 90.0 Å². The fraction of sp³-hybridized carbons (Fsp3) is 0.615. The molecule has 0 amide bonds. The third-order valence-corrected chi connectivity index (χ3v) is 3.85. The molecule has 7 nitrogen and oxygen atoms in total. The lowest BCUT2D eigenvalue weighted by Gasteiger charge is -2.36. The number of aliphatic hydroxyl groups is 1. The fourth-order valence-electron chi connectivity index (χ4n) is 2.87. The SMILES string of the molecule is CNc1nc(N2CCCCC2CCO)c2[nH]cnc2n1. The second-order valence-electron chi connectivity index (χ2n) is 5.08. The van der Waals surface area contributed by atoms with E-state index in [0.29, 0.717) is 17.6 Å². The number of rotatable bonds is 4. The van der Waals surface area contributed by atoms with Crippen molar-refractivity contribution < 1.29 is 5.11 Å². The average Bonchev–Trinajstić information content (AvgIpc) is 2.95. The van der Waals surface area contributed by atoms with Gasteiger partial charge >= 0.3 is 0 Å². The van der Waals surface area contributed by atoms with E-state index < -0.39 is 0 Å². The number of H-pyrrole nitrogens is 1. The third kappa shape index (κ3) is 2.29. The van der Waals surface area contributed by atoms with Crippen molar-refractivity contribution in [3.63, 3.8) is 0 Å². The van der Waals surface area contributed by atoms with Gasteiger partial charge in [0.15, 0.2) is 11.5 Å². The highest BCUT2D eigenvalue weighted by Crippen LogP contribution is 2.29. The van der Waals surface area contributed by atoms with Crippen molar-refractivity contribution in [3.8, 4) is 0 Å². The monoisotopic (exact) mass is 276 g/mol. The number of hydrogen-bond donors (Lipinski definition) is 3. The Balaban J connectivity index is 2.04.